The maximum atomic E-state index is 6.15. The molecule has 0 fully saturated rings. The van der Waals surface area contributed by atoms with Crippen LogP contribution in [0, 0.1) is 0 Å². The Kier molecular flexibility index (Phi) is 3.42. The zero-order chi connectivity index (χ0) is 11.7. The standard InChI is InChI=1S/C11H14ClN3S/c1-4-7-5-8-10(12)13-9(6-15(2)3)14-11(8)16-7/h5H,4,6H2,1-3H3. The van der Waals surface area contributed by atoms with Gasteiger partial charge in [-0.1, -0.05) is 18.5 Å². The van der Waals surface area contributed by atoms with E-state index >= 15 is 0 Å². The molecule has 0 amide bonds. The molecule has 0 saturated heterocycles. The van der Waals surface area contributed by atoms with Gasteiger partial charge in [0, 0.05) is 10.3 Å². The highest BCUT2D eigenvalue weighted by Crippen LogP contribution is 2.29. The Balaban J connectivity index is 2.48. The molecule has 0 spiro atoms. The summed E-state index contributed by atoms with van der Waals surface area (Å²) in [5, 5.41) is 1.55. The highest BCUT2D eigenvalue weighted by molar-refractivity contribution is 7.18. The summed E-state index contributed by atoms with van der Waals surface area (Å²) in [5.74, 6) is 0.784. The molecule has 2 aromatic rings. The van der Waals surface area contributed by atoms with Gasteiger partial charge in [0.25, 0.3) is 0 Å². The Labute approximate surface area is 104 Å². The zero-order valence-electron chi connectivity index (χ0n) is 9.62. The summed E-state index contributed by atoms with van der Waals surface area (Å²) < 4.78 is 0. The third-order valence-electron chi connectivity index (χ3n) is 2.25. The van der Waals surface area contributed by atoms with E-state index in [1.165, 1.54) is 4.88 Å². The first kappa shape index (κ1) is 11.8. The van der Waals surface area contributed by atoms with Gasteiger partial charge in [-0.15, -0.1) is 11.3 Å². The summed E-state index contributed by atoms with van der Waals surface area (Å²) in [6.07, 6.45) is 1.01. The molecule has 0 unspecified atom stereocenters. The summed E-state index contributed by atoms with van der Waals surface area (Å²) in [7, 11) is 3.99. The van der Waals surface area contributed by atoms with E-state index in [2.05, 4.69) is 23.0 Å². The van der Waals surface area contributed by atoms with Crippen LogP contribution in [-0.2, 0) is 13.0 Å². The summed E-state index contributed by atoms with van der Waals surface area (Å²) in [6, 6.07) is 2.09. The lowest BCUT2D eigenvalue weighted by molar-refractivity contribution is 0.391. The molecule has 2 aromatic heterocycles. The number of halogens is 1. The smallest absolute Gasteiger partial charge is 0.145 e. The van der Waals surface area contributed by atoms with Crippen LogP contribution >= 0.6 is 22.9 Å². The van der Waals surface area contributed by atoms with Crippen molar-refractivity contribution in [1.29, 1.82) is 0 Å². The Morgan fingerprint density at radius 1 is 1.38 bits per heavy atom. The van der Waals surface area contributed by atoms with Crippen molar-refractivity contribution in [3.8, 4) is 0 Å². The van der Waals surface area contributed by atoms with Gasteiger partial charge in [0.15, 0.2) is 0 Å². The largest absolute Gasteiger partial charge is 0.302 e. The molecular formula is C11H14ClN3S. The lowest BCUT2D eigenvalue weighted by atomic mass is 10.3. The predicted molar refractivity (Wildman–Crippen MR) is 69.2 cm³/mol. The highest BCUT2D eigenvalue weighted by atomic mass is 35.5. The molecule has 0 aliphatic heterocycles. The zero-order valence-corrected chi connectivity index (χ0v) is 11.2. The number of aromatic nitrogens is 2. The van der Waals surface area contributed by atoms with Gasteiger partial charge >= 0.3 is 0 Å². The Hall–Kier alpha value is -0.710. The number of fused-ring (bicyclic) bond motifs is 1. The average Bonchev–Trinajstić information content (AvgIpc) is 2.60. The van der Waals surface area contributed by atoms with Crippen LogP contribution in [0.4, 0.5) is 0 Å². The van der Waals surface area contributed by atoms with Gasteiger partial charge in [-0.05, 0) is 26.6 Å². The molecule has 0 aliphatic carbocycles. The third kappa shape index (κ3) is 2.34. The van der Waals surface area contributed by atoms with Gasteiger partial charge in [0.1, 0.15) is 15.8 Å². The molecule has 0 atom stereocenters. The highest BCUT2D eigenvalue weighted by Gasteiger charge is 2.10. The van der Waals surface area contributed by atoms with Gasteiger partial charge in [0.05, 0.1) is 6.54 Å². The number of rotatable bonds is 3. The quantitative estimate of drug-likeness (QED) is 0.790. The average molecular weight is 256 g/mol. The van der Waals surface area contributed by atoms with Crippen LogP contribution in [0.15, 0.2) is 6.07 Å². The monoisotopic (exact) mass is 255 g/mol. The van der Waals surface area contributed by atoms with Crippen LogP contribution < -0.4 is 0 Å². The lowest BCUT2D eigenvalue weighted by Gasteiger charge is -2.07. The third-order valence-corrected chi connectivity index (χ3v) is 3.71. The van der Waals surface area contributed by atoms with E-state index < -0.39 is 0 Å². The fraction of sp³-hybridized carbons (Fsp3) is 0.455. The number of hydrogen-bond donors (Lipinski definition) is 0. The van der Waals surface area contributed by atoms with Crippen molar-refractivity contribution in [2.45, 2.75) is 19.9 Å². The molecule has 16 heavy (non-hydrogen) atoms. The van der Waals surface area contributed by atoms with Gasteiger partial charge in [-0.2, -0.15) is 0 Å². The summed E-state index contributed by atoms with van der Waals surface area (Å²) in [4.78, 5) is 13.2. The van der Waals surface area contributed by atoms with Crippen LogP contribution in [0.25, 0.3) is 10.2 Å². The Bertz CT molecular complexity index is 507. The van der Waals surface area contributed by atoms with Crippen molar-refractivity contribution in [1.82, 2.24) is 14.9 Å². The van der Waals surface area contributed by atoms with E-state index in [4.69, 9.17) is 11.6 Å². The lowest BCUT2D eigenvalue weighted by Crippen LogP contribution is -2.13. The first-order valence-electron chi connectivity index (χ1n) is 5.19. The normalized spacial score (nSPS) is 11.6. The molecule has 0 N–H and O–H groups in total. The van der Waals surface area contributed by atoms with Gasteiger partial charge < -0.3 is 4.90 Å². The first-order chi connectivity index (χ1) is 7.60. The first-order valence-corrected chi connectivity index (χ1v) is 6.39. The van der Waals surface area contributed by atoms with Crippen LogP contribution in [-0.4, -0.2) is 29.0 Å². The maximum Gasteiger partial charge on any atom is 0.145 e. The number of hydrogen-bond acceptors (Lipinski definition) is 4. The van der Waals surface area contributed by atoms with Crippen LogP contribution in [0.5, 0.6) is 0 Å². The van der Waals surface area contributed by atoms with E-state index in [9.17, 15) is 0 Å². The van der Waals surface area contributed by atoms with Crippen LogP contribution in [0.2, 0.25) is 5.15 Å². The molecule has 0 aliphatic rings. The molecule has 0 bridgehead atoms. The minimum atomic E-state index is 0.567. The fourth-order valence-corrected chi connectivity index (χ4v) is 2.79. The predicted octanol–water partition coefficient (Wildman–Crippen LogP) is 2.97. The van der Waals surface area contributed by atoms with Gasteiger partial charge in [0.2, 0.25) is 0 Å². The van der Waals surface area contributed by atoms with Crippen molar-refractivity contribution in [3.05, 3.63) is 21.9 Å². The van der Waals surface area contributed by atoms with E-state index in [0.29, 0.717) is 5.15 Å². The summed E-state index contributed by atoms with van der Waals surface area (Å²) in [5.41, 5.74) is 0. The van der Waals surface area contributed by atoms with Crippen molar-refractivity contribution in [3.63, 3.8) is 0 Å². The van der Waals surface area contributed by atoms with Crippen molar-refractivity contribution in [2.75, 3.05) is 14.1 Å². The number of nitrogens with zero attached hydrogens (tertiary/aromatic N) is 3. The molecule has 5 heteroatoms. The van der Waals surface area contributed by atoms with E-state index in [0.717, 1.165) is 29.0 Å². The molecule has 3 nitrogen and oxygen atoms in total. The Morgan fingerprint density at radius 2 is 2.12 bits per heavy atom. The van der Waals surface area contributed by atoms with Crippen molar-refractivity contribution >= 4 is 33.2 Å². The molecular weight excluding hydrogens is 242 g/mol. The van der Waals surface area contributed by atoms with Crippen LogP contribution in [0.3, 0.4) is 0 Å². The molecule has 0 aromatic carbocycles. The Morgan fingerprint density at radius 3 is 2.75 bits per heavy atom. The summed E-state index contributed by atoms with van der Waals surface area (Å²) in [6.45, 7) is 2.85. The second-order valence-electron chi connectivity index (χ2n) is 3.95. The SMILES string of the molecule is CCc1cc2c(Cl)nc(CN(C)C)nc2s1. The minimum absolute atomic E-state index is 0.567. The molecule has 0 saturated carbocycles. The molecule has 0 radical (unpaired) electrons. The number of thiophene rings is 1. The van der Waals surface area contributed by atoms with Gasteiger partial charge in [-0.25, -0.2) is 9.97 Å². The van der Waals surface area contributed by atoms with Crippen molar-refractivity contribution < 1.29 is 0 Å². The van der Waals surface area contributed by atoms with Crippen molar-refractivity contribution in [2.24, 2.45) is 0 Å². The maximum absolute atomic E-state index is 6.15. The number of aryl methyl sites for hydroxylation is 1. The second-order valence-corrected chi connectivity index (χ2v) is 5.43. The fourth-order valence-electron chi connectivity index (χ4n) is 1.51. The summed E-state index contributed by atoms with van der Waals surface area (Å²) >= 11 is 7.85. The molecule has 2 heterocycles. The molecule has 86 valence electrons. The van der Waals surface area contributed by atoms with Crippen LogP contribution in [0.1, 0.15) is 17.6 Å². The van der Waals surface area contributed by atoms with E-state index in [1.54, 1.807) is 11.3 Å². The minimum Gasteiger partial charge on any atom is -0.302 e. The van der Waals surface area contributed by atoms with E-state index in [1.807, 2.05) is 19.0 Å². The molecule has 2 rings (SSSR count). The van der Waals surface area contributed by atoms with E-state index in [-0.39, 0.29) is 0 Å². The topological polar surface area (TPSA) is 29.0 Å². The van der Waals surface area contributed by atoms with Gasteiger partial charge in [-0.3, -0.25) is 0 Å². The second kappa shape index (κ2) is 4.65.